The van der Waals surface area contributed by atoms with Crippen LogP contribution in [0.25, 0.3) is 0 Å². The average Bonchev–Trinajstić information content (AvgIpc) is 2.17. The van der Waals surface area contributed by atoms with Crippen LogP contribution in [0.1, 0.15) is 25.0 Å². The molecule has 0 saturated carbocycles. The summed E-state index contributed by atoms with van der Waals surface area (Å²) in [6, 6.07) is 8.45. The van der Waals surface area contributed by atoms with Crippen molar-refractivity contribution in [1.29, 1.82) is 0 Å². The maximum Gasteiger partial charge on any atom is 0.243 e. The third-order valence-corrected chi connectivity index (χ3v) is 2.00. The van der Waals surface area contributed by atoms with E-state index in [2.05, 4.69) is 38.1 Å². The highest BCUT2D eigenvalue weighted by Gasteiger charge is 1.90. The van der Waals surface area contributed by atoms with Crippen LogP contribution in [0.15, 0.2) is 35.9 Å². The van der Waals surface area contributed by atoms with Gasteiger partial charge in [0.15, 0.2) is 0 Å². The number of carbonyl (C=O) groups excluding carboxylic acids is 1. The third kappa shape index (κ3) is 6.49. The zero-order valence-electron chi connectivity index (χ0n) is 9.87. The molecule has 1 aromatic rings. The number of carbonyl (C=O) groups is 1. The van der Waals surface area contributed by atoms with Gasteiger partial charge >= 0.3 is 0 Å². The first-order valence-electron chi connectivity index (χ1n) is 4.93. The SMILES string of the molecule is CC=C(C)C(N)=O.Cc1cccc(C)c1. The van der Waals surface area contributed by atoms with Gasteiger partial charge < -0.3 is 5.73 Å². The van der Waals surface area contributed by atoms with Crippen LogP contribution in [0.4, 0.5) is 0 Å². The smallest absolute Gasteiger partial charge is 0.243 e. The van der Waals surface area contributed by atoms with Crippen molar-refractivity contribution >= 4 is 5.91 Å². The van der Waals surface area contributed by atoms with Crippen LogP contribution in [0.5, 0.6) is 0 Å². The number of hydrogen-bond donors (Lipinski definition) is 1. The summed E-state index contributed by atoms with van der Waals surface area (Å²) >= 11 is 0. The molecular weight excluding hydrogens is 186 g/mol. The largest absolute Gasteiger partial charge is 0.366 e. The van der Waals surface area contributed by atoms with Gasteiger partial charge in [-0.2, -0.15) is 0 Å². The second-order valence-corrected chi connectivity index (χ2v) is 3.49. The Bertz CT molecular complexity index is 336. The minimum absolute atomic E-state index is 0.345. The van der Waals surface area contributed by atoms with Crippen molar-refractivity contribution in [2.45, 2.75) is 27.7 Å². The Balaban J connectivity index is 0.000000265. The molecule has 2 N–H and O–H groups in total. The molecule has 0 aliphatic carbocycles. The molecule has 2 nitrogen and oxygen atoms in total. The van der Waals surface area contributed by atoms with Crippen molar-refractivity contribution in [1.82, 2.24) is 0 Å². The number of hydrogen-bond acceptors (Lipinski definition) is 1. The highest BCUT2D eigenvalue weighted by atomic mass is 16.1. The van der Waals surface area contributed by atoms with Crippen LogP contribution in [-0.2, 0) is 4.79 Å². The first-order chi connectivity index (χ1) is 6.97. The Morgan fingerprint density at radius 3 is 1.87 bits per heavy atom. The van der Waals surface area contributed by atoms with Crippen LogP contribution >= 0.6 is 0 Å². The van der Waals surface area contributed by atoms with E-state index in [0.717, 1.165) is 0 Å². The first-order valence-corrected chi connectivity index (χ1v) is 4.93. The summed E-state index contributed by atoms with van der Waals surface area (Å²) < 4.78 is 0. The molecule has 82 valence electrons. The van der Waals surface area contributed by atoms with Crippen molar-refractivity contribution in [3.05, 3.63) is 47.0 Å². The molecule has 0 saturated heterocycles. The Hall–Kier alpha value is -1.57. The van der Waals surface area contributed by atoms with E-state index in [-0.39, 0.29) is 5.91 Å². The minimum Gasteiger partial charge on any atom is -0.366 e. The van der Waals surface area contributed by atoms with Crippen LogP contribution in [-0.4, -0.2) is 5.91 Å². The van der Waals surface area contributed by atoms with E-state index < -0.39 is 0 Å². The lowest BCUT2D eigenvalue weighted by Gasteiger charge is -1.90. The Kier molecular flexibility index (Phi) is 6.11. The fourth-order valence-corrected chi connectivity index (χ4v) is 0.949. The fraction of sp³-hybridized carbons (Fsp3) is 0.308. The van der Waals surface area contributed by atoms with Gasteiger partial charge in [0.1, 0.15) is 0 Å². The molecule has 0 unspecified atom stereocenters. The summed E-state index contributed by atoms with van der Waals surface area (Å²) in [5.74, 6) is -0.345. The molecule has 0 radical (unpaired) electrons. The molecule has 0 bridgehead atoms. The molecule has 0 atom stereocenters. The normalized spacial score (nSPS) is 10.3. The molecule has 0 fully saturated rings. The number of amides is 1. The summed E-state index contributed by atoms with van der Waals surface area (Å²) in [6.45, 7) is 7.67. The maximum atomic E-state index is 10.1. The predicted molar refractivity (Wildman–Crippen MR) is 64.5 cm³/mol. The van der Waals surface area contributed by atoms with Crippen LogP contribution in [0.2, 0.25) is 0 Å². The molecule has 0 spiro atoms. The number of benzene rings is 1. The molecule has 0 heterocycles. The summed E-state index contributed by atoms with van der Waals surface area (Å²) in [4.78, 5) is 10.1. The van der Waals surface area contributed by atoms with Crippen molar-refractivity contribution in [3.63, 3.8) is 0 Å². The Morgan fingerprint density at radius 2 is 1.73 bits per heavy atom. The summed E-state index contributed by atoms with van der Waals surface area (Å²) in [7, 11) is 0. The van der Waals surface area contributed by atoms with E-state index in [1.54, 1.807) is 19.9 Å². The lowest BCUT2D eigenvalue weighted by Crippen LogP contribution is -2.10. The van der Waals surface area contributed by atoms with Gasteiger partial charge in [0.05, 0.1) is 0 Å². The van der Waals surface area contributed by atoms with Crippen molar-refractivity contribution in [3.8, 4) is 0 Å². The highest BCUT2D eigenvalue weighted by Crippen LogP contribution is 2.00. The number of aryl methyl sites for hydroxylation is 2. The lowest BCUT2D eigenvalue weighted by atomic mass is 10.2. The molecule has 0 aliphatic heterocycles. The Morgan fingerprint density at radius 1 is 1.27 bits per heavy atom. The van der Waals surface area contributed by atoms with Gasteiger partial charge in [-0.1, -0.05) is 41.5 Å². The average molecular weight is 205 g/mol. The van der Waals surface area contributed by atoms with Crippen LogP contribution in [0.3, 0.4) is 0 Å². The van der Waals surface area contributed by atoms with Crippen LogP contribution in [0, 0.1) is 13.8 Å². The van der Waals surface area contributed by atoms with Gasteiger partial charge in [0.25, 0.3) is 0 Å². The van der Waals surface area contributed by atoms with Gasteiger partial charge in [-0.3, -0.25) is 4.79 Å². The van der Waals surface area contributed by atoms with Crippen molar-refractivity contribution in [2.24, 2.45) is 5.73 Å². The number of primary amides is 1. The second kappa shape index (κ2) is 6.82. The van der Waals surface area contributed by atoms with E-state index in [0.29, 0.717) is 5.57 Å². The highest BCUT2D eigenvalue weighted by molar-refractivity contribution is 5.91. The molecule has 1 rings (SSSR count). The molecule has 2 heteroatoms. The molecular formula is C13H19NO. The minimum atomic E-state index is -0.345. The van der Waals surface area contributed by atoms with E-state index in [1.807, 2.05) is 0 Å². The quantitative estimate of drug-likeness (QED) is 0.704. The molecule has 0 aromatic heterocycles. The van der Waals surface area contributed by atoms with Gasteiger partial charge in [-0.25, -0.2) is 0 Å². The number of allylic oxidation sites excluding steroid dienone is 1. The lowest BCUT2D eigenvalue weighted by molar-refractivity contribution is -0.114. The first kappa shape index (κ1) is 13.4. The zero-order chi connectivity index (χ0) is 11.8. The van der Waals surface area contributed by atoms with Crippen molar-refractivity contribution in [2.75, 3.05) is 0 Å². The standard InChI is InChI=1S/C8H10.C5H9NO/c1-7-4-3-5-8(2)6-7;1-3-4(2)5(6)7/h3-6H,1-2H3;3H,1-2H3,(H2,6,7). The van der Waals surface area contributed by atoms with Crippen molar-refractivity contribution < 1.29 is 4.79 Å². The fourth-order valence-electron chi connectivity index (χ4n) is 0.949. The van der Waals surface area contributed by atoms with Crippen LogP contribution < -0.4 is 5.73 Å². The molecule has 15 heavy (non-hydrogen) atoms. The monoisotopic (exact) mass is 205 g/mol. The summed E-state index contributed by atoms with van der Waals surface area (Å²) in [5, 5.41) is 0. The topological polar surface area (TPSA) is 43.1 Å². The molecule has 1 amide bonds. The number of rotatable bonds is 1. The predicted octanol–water partition coefficient (Wildman–Crippen LogP) is 2.74. The zero-order valence-corrected chi connectivity index (χ0v) is 9.87. The van der Waals surface area contributed by atoms with Gasteiger partial charge in [0.2, 0.25) is 5.91 Å². The van der Waals surface area contributed by atoms with E-state index >= 15 is 0 Å². The second-order valence-electron chi connectivity index (χ2n) is 3.49. The Labute approximate surface area is 91.8 Å². The number of nitrogens with two attached hydrogens (primary N) is 1. The van der Waals surface area contributed by atoms with E-state index in [4.69, 9.17) is 5.73 Å². The van der Waals surface area contributed by atoms with E-state index in [9.17, 15) is 4.79 Å². The maximum absolute atomic E-state index is 10.1. The van der Waals surface area contributed by atoms with Gasteiger partial charge in [0, 0.05) is 5.57 Å². The summed E-state index contributed by atoms with van der Waals surface area (Å²) in [6.07, 6.45) is 1.68. The van der Waals surface area contributed by atoms with Gasteiger partial charge in [-0.05, 0) is 27.7 Å². The van der Waals surface area contributed by atoms with Gasteiger partial charge in [-0.15, -0.1) is 0 Å². The summed E-state index contributed by atoms with van der Waals surface area (Å²) in [5.41, 5.74) is 8.13. The molecule has 1 aromatic carbocycles. The van der Waals surface area contributed by atoms with E-state index in [1.165, 1.54) is 11.1 Å². The third-order valence-electron chi connectivity index (χ3n) is 2.00. The molecule has 0 aliphatic rings.